The Labute approximate surface area is 233 Å². The Kier molecular flexibility index (Phi) is 7.57. The number of hydrogen-bond donors (Lipinski definition) is 1. The van der Waals surface area contributed by atoms with E-state index in [1.165, 1.54) is 33.4 Å². The summed E-state index contributed by atoms with van der Waals surface area (Å²) in [4.78, 5) is 2.52. The molecule has 2 aliphatic heterocycles. The highest BCUT2D eigenvalue weighted by Gasteiger charge is 2.44. The van der Waals surface area contributed by atoms with Gasteiger partial charge in [-0.25, -0.2) is 5.09 Å². The SMILES string of the molecule is Cc1cc2c(c(C(C)(C)C)c1)OP(NC1CC(C)(C)N(C)C(C)(C)C1)Oc1c(cc(C)cc1C(C)(C)C)C2. The molecule has 0 unspecified atom stereocenters. The largest absolute Gasteiger partial charge is 0.427 e. The molecular formula is C33H51N2O2P. The second-order valence-corrected chi connectivity index (χ2v) is 16.3. The van der Waals surface area contributed by atoms with Gasteiger partial charge >= 0.3 is 8.53 Å². The highest BCUT2D eigenvalue weighted by molar-refractivity contribution is 7.45. The molecule has 0 amide bonds. The van der Waals surface area contributed by atoms with Crippen molar-refractivity contribution < 1.29 is 9.05 Å². The standard InChI is InChI=1S/C33H51N2O2P/c1-21-14-23-18-24-15-22(2)17-27(31(6,7)8)29(24)37-38(36-28(23)26(16-21)30(3,4)5)34-25-19-32(9,10)35(13)33(11,12)20-25/h14-17,25,34H,18-20H2,1-13H3. The van der Waals surface area contributed by atoms with E-state index in [1.54, 1.807) is 0 Å². The van der Waals surface area contributed by atoms with Gasteiger partial charge in [0.1, 0.15) is 11.5 Å². The van der Waals surface area contributed by atoms with Crippen molar-refractivity contribution in [3.63, 3.8) is 0 Å². The van der Waals surface area contributed by atoms with Crippen LogP contribution in [-0.2, 0) is 17.3 Å². The lowest BCUT2D eigenvalue weighted by Gasteiger charge is -2.54. The van der Waals surface area contributed by atoms with E-state index in [-0.39, 0.29) is 21.9 Å². The fraction of sp³-hybridized carbons (Fsp3) is 0.636. The predicted octanol–water partition coefficient (Wildman–Crippen LogP) is 8.73. The molecular weight excluding hydrogens is 487 g/mol. The number of fused-ring (bicyclic) bond motifs is 2. The van der Waals surface area contributed by atoms with Crippen LogP contribution in [0.3, 0.4) is 0 Å². The third kappa shape index (κ3) is 5.93. The number of benzene rings is 2. The third-order valence-corrected chi connectivity index (χ3v) is 9.83. The molecule has 1 saturated heterocycles. The van der Waals surface area contributed by atoms with Gasteiger partial charge in [0, 0.05) is 34.7 Å². The van der Waals surface area contributed by atoms with Gasteiger partial charge in [-0.2, -0.15) is 0 Å². The molecule has 2 aromatic rings. The maximum atomic E-state index is 6.99. The molecule has 2 heterocycles. The van der Waals surface area contributed by atoms with Crippen molar-refractivity contribution in [1.82, 2.24) is 9.99 Å². The first-order chi connectivity index (χ1) is 17.3. The Hall–Kier alpha value is -1.61. The Morgan fingerprint density at radius 1 is 0.763 bits per heavy atom. The number of nitrogens with zero attached hydrogens (tertiary/aromatic N) is 1. The monoisotopic (exact) mass is 538 g/mol. The van der Waals surface area contributed by atoms with Crippen LogP contribution in [0.15, 0.2) is 24.3 Å². The smallest absolute Gasteiger partial charge is 0.381 e. The number of hydrogen-bond acceptors (Lipinski definition) is 4. The maximum absolute atomic E-state index is 6.99. The van der Waals surface area contributed by atoms with Crippen molar-refractivity contribution in [1.29, 1.82) is 0 Å². The summed E-state index contributed by atoms with van der Waals surface area (Å²) in [7, 11) is 0.834. The second kappa shape index (κ2) is 9.79. The minimum atomic E-state index is -1.42. The summed E-state index contributed by atoms with van der Waals surface area (Å²) in [6.45, 7) is 27.5. The summed E-state index contributed by atoms with van der Waals surface area (Å²) >= 11 is 0. The van der Waals surface area contributed by atoms with E-state index >= 15 is 0 Å². The molecule has 4 nitrogen and oxygen atoms in total. The first kappa shape index (κ1) is 29.4. The number of aryl methyl sites for hydroxylation is 2. The molecule has 0 saturated carbocycles. The minimum absolute atomic E-state index is 0.0418. The molecule has 0 aromatic heterocycles. The van der Waals surface area contributed by atoms with Gasteiger partial charge in [0.2, 0.25) is 0 Å². The van der Waals surface area contributed by atoms with Crippen LogP contribution in [0.1, 0.15) is 115 Å². The molecule has 2 aliphatic rings. The maximum Gasteiger partial charge on any atom is 0.381 e. The molecule has 2 aromatic carbocycles. The highest BCUT2D eigenvalue weighted by atomic mass is 31.2. The average Bonchev–Trinajstić information content (AvgIpc) is 2.72. The summed E-state index contributed by atoms with van der Waals surface area (Å²) in [5, 5.41) is 3.92. The molecule has 5 heteroatoms. The van der Waals surface area contributed by atoms with Crippen LogP contribution in [0.2, 0.25) is 0 Å². The van der Waals surface area contributed by atoms with Gasteiger partial charge < -0.3 is 9.05 Å². The molecule has 210 valence electrons. The van der Waals surface area contributed by atoms with Gasteiger partial charge in [0.15, 0.2) is 0 Å². The van der Waals surface area contributed by atoms with Gasteiger partial charge in [-0.3, -0.25) is 4.90 Å². The lowest BCUT2D eigenvalue weighted by Crippen LogP contribution is -2.61. The zero-order valence-corrected chi connectivity index (χ0v) is 27.1. The summed E-state index contributed by atoms with van der Waals surface area (Å²) in [5.41, 5.74) is 7.64. The van der Waals surface area contributed by atoms with E-state index in [0.29, 0.717) is 6.04 Å². The number of rotatable bonds is 2. The Balaban J connectivity index is 1.86. The van der Waals surface area contributed by atoms with Gasteiger partial charge in [-0.15, -0.1) is 0 Å². The van der Waals surface area contributed by atoms with Crippen molar-refractivity contribution >= 4 is 8.53 Å². The highest BCUT2D eigenvalue weighted by Crippen LogP contribution is 2.51. The van der Waals surface area contributed by atoms with Crippen LogP contribution in [0.25, 0.3) is 0 Å². The van der Waals surface area contributed by atoms with E-state index in [0.717, 1.165) is 30.8 Å². The molecule has 0 atom stereocenters. The lowest BCUT2D eigenvalue weighted by molar-refractivity contribution is -0.0144. The molecule has 0 aliphatic carbocycles. The zero-order chi connectivity index (χ0) is 28.4. The van der Waals surface area contributed by atoms with Crippen molar-refractivity contribution in [2.24, 2.45) is 0 Å². The average molecular weight is 539 g/mol. The lowest BCUT2D eigenvalue weighted by atomic mass is 9.78. The van der Waals surface area contributed by atoms with E-state index in [4.69, 9.17) is 9.05 Å². The number of likely N-dealkylation sites (tertiary alicyclic amines) is 1. The van der Waals surface area contributed by atoms with Crippen molar-refractivity contribution in [2.45, 2.75) is 130 Å². The van der Waals surface area contributed by atoms with Crippen LogP contribution in [-0.4, -0.2) is 29.1 Å². The Bertz CT molecular complexity index is 1110. The first-order valence-corrected chi connectivity index (χ1v) is 15.4. The van der Waals surface area contributed by atoms with Crippen molar-refractivity contribution in [2.75, 3.05) is 7.05 Å². The summed E-state index contributed by atoms with van der Waals surface area (Å²) in [6, 6.07) is 9.52. The summed E-state index contributed by atoms with van der Waals surface area (Å²) < 4.78 is 14.0. The zero-order valence-electron chi connectivity index (χ0n) is 26.2. The van der Waals surface area contributed by atoms with E-state index in [1.807, 2.05) is 0 Å². The molecule has 4 rings (SSSR count). The quantitative estimate of drug-likeness (QED) is 0.388. The Morgan fingerprint density at radius 2 is 1.16 bits per heavy atom. The van der Waals surface area contributed by atoms with Gasteiger partial charge in [0.25, 0.3) is 0 Å². The molecule has 0 spiro atoms. The fourth-order valence-electron chi connectivity index (χ4n) is 6.34. The molecule has 1 N–H and O–H groups in total. The van der Waals surface area contributed by atoms with Crippen LogP contribution < -0.4 is 14.1 Å². The van der Waals surface area contributed by atoms with E-state index in [2.05, 4.69) is 124 Å². The third-order valence-electron chi connectivity index (χ3n) is 8.56. The normalized spacial score (nSPS) is 20.6. The van der Waals surface area contributed by atoms with Gasteiger partial charge in [0.05, 0.1) is 0 Å². The van der Waals surface area contributed by atoms with E-state index in [9.17, 15) is 0 Å². The topological polar surface area (TPSA) is 33.7 Å². The Morgan fingerprint density at radius 3 is 1.53 bits per heavy atom. The number of piperidine rings is 1. The second-order valence-electron chi connectivity index (χ2n) is 15.1. The van der Waals surface area contributed by atoms with Crippen molar-refractivity contribution in [3.8, 4) is 11.5 Å². The predicted molar refractivity (Wildman–Crippen MR) is 163 cm³/mol. The number of nitrogens with one attached hydrogen (secondary N) is 1. The molecule has 38 heavy (non-hydrogen) atoms. The molecule has 0 bridgehead atoms. The fourth-order valence-corrected chi connectivity index (χ4v) is 7.73. The van der Waals surface area contributed by atoms with Crippen molar-refractivity contribution in [3.05, 3.63) is 57.6 Å². The first-order valence-electron chi connectivity index (χ1n) is 14.2. The van der Waals surface area contributed by atoms with E-state index < -0.39 is 8.53 Å². The molecule has 0 radical (unpaired) electrons. The molecule has 1 fully saturated rings. The van der Waals surface area contributed by atoms with Crippen LogP contribution in [0.4, 0.5) is 0 Å². The van der Waals surface area contributed by atoms with Gasteiger partial charge in [-0.1, -0.05) is 76.9 Å². The minimum Gasteiger partial charge on any atom is -0.427 e. The van der Waals surface area contributed by atoms with Crippen LogP contribution >= 0.6 is 8.53 Å². The summed E-state index contributed by atoms with van der Waals surface area (Å²) in [5.74, 6) is 2.00. The summed E-state index contributed by atoms with van der Waals surface area (Å²) in [6.07, 6.45) is 2.88. The van der Waals surface area contributed by atoms with Gasteiger partial charge in [-0.05, 0) is 83.4 Å². The van der Waals surface area contributed by atoms with Crippen LogP contribution in [0.5, 0.6) is 11.5 Å². The van der Waals surface area contributed by atoms with Crippen LogP contribution in [0, 0.1) is 13.8 Å².